The van der Waals surface area contributed by atoms with E-state index in [9.17, 15) is 9.59 Å². The molecule has 1 amide bonds. The first-order chi connectivity index (χ1) is 11.1. The molecular weight excluding hydrogens is 294 g/mol. The first-order valence-corrected chi connectivity index (χ1v) is 8.22. The predicted molar refractivity (Wildman–Crippen MR) is 88.9 cm³/mol. The Hall–Kier alpha value is -1.95. The van der Waals surface area contributed by atoms with Crippen LogP contribution in [0.2, 0.25) is 0 Å². The summed E-state index contributed by atoms with van der Waals surface area (Å²) in [5.41, 5.74) is 0.885. The molecule has 0 bridgehead atoms. The zero-order valence-electron chi connectivity index (χ0n) is 13.8. The second kappa shape index (κ2) is 11.6. The molecule has 0 saturated carbocycles. The number of carboxylic acids is 1. The number of aromatic nitrogens is 1. The van der Waals surface area contributed by atoms with Crippen LogP contribution in [-0.2, 0) is 16.1 Å². The highest BCUT2D eigenvalue weighted by Gasteiger charge is 2.10. The maximum atomic E-state index is 11.1. The fourth-order valence-corrected chi connectivity index (χ4v) is 2.29. The number of carboxylic acid groups (broad SMARTS) is 1. The number of pyridine rings is 1. The minimum Gasteiger partial charge on any atom is -0.480 e. The molecule has 23 heavy (non-hydrogen) atoms. The van der Waals surface area contributed by atoms with Gasteiger partial charge in [0.05, 0.1) is 12.2 Å². The summed E-state index contributed by atoms with van der Waals surface area (Å²) in [5, 5.41) is 11.9. The van der Waals surface area contributed by atoms with Crippen molar-refractivity contribution in [1.82, 2.24) is 15.2 Å². The number of amides is 1. The molecule has 0 saturated heterocycles. The molecule has 1 aromatic rings. The van der Waals surface area contributed by atoms with Gasteiger partial charge in [-0.15, -0.1) is 0 Å². The van der Waals surface area contributed by atoms with E-state index in [2.05, 4.69) is 10.3 Å². The van der Waals surface area contributed by atoms with Crippen molar-refractivity contribution in [3.8, 4) is 0 Å². The number of carbonyl (C=O) groups excluding carboxylic acids is 1. The van der Waals surface area contributed by atoms with Gasteiger partial charge in [-0.05, 0) is 31.5 Å². The summed E-state index contributed by atoms with van der Waals surface area (Å²) >= 11 is 0. The van der Waals surface area contributed by atoms with Gasteiger partial charge in [-0.3, -0.25) is 19.5 Å². The molecule has 0 radical (unpaired) electrons. The van der Waals surface area contributed by atoms with Crippen LogP contribution in [0.1, 0.15) is 44.7 Å². The van der Waals surface area contributed by atoms with Crippen LogP contribution in [0.4, 0.5) is 0 Å². The van der Waals surface area contributed by atoms with E-state index >= 15 is 0 Å². The minimum atomic E-state index is -0.816. The lowest BCUT2D eigenvalue weighted by Gasteiger charge is -2.19. The Labute approximate surface area is 137 Å². The maximum absolute atomic E-state index is 11.1. The molecule has 0 aromatic carbocycles. The van der Waals surface area contributed by atoms with Gasteiger partial charge in [0.15, 0.2) is 0 Å². The van der Waals surface area contributed by atoms with E-state index in [1.165, 1.54) is 0 Å². The fourth-order valence-electron chi connectivity index (χ4n) is 2.29. The maximum Gasteiger partial charge on any atom is 0.317 e. The second-order valence-electron chi connectivity index (χ2n) is 5.54. The normalized spacial score (nSPS) is 10.7. The predicted octanol–water partition coefficient (Wildman–Crippen LogP) is 2.05. The number of nitrogens with zero attached hydrogens (tertiary/aromatic N) is 2. The average molecular weight is 321 g/mol. The van der Waals surface area contributed by atoms with E-state index in [0.717, 1.165) is 44.5 Å². The van der Waals surface area contributed by atoms with E-state index in [0.29, 0.717) is 13.0 Å². The summed E-state index contributed by atoms with van der Waals surface area (Å²) in [6.07, 6.45) is 6.22. The summed E-state index contributed by atoms with van der Waals surface area (Å²) in [5.74, 6) is -0.726. The number of hydrogen-bond acceptors (Lipinski definition) is 4. The van der Waals surface area contributed by atoms with Gasteiger partial charge in [0, 0.05) is 25.7 Å². The second-order valence-corrected chi connectivity index (χ2v) is 5.54. The Kier molecular flexibility index (Phi) is 9.63. The van der Waals surface area contributed by atoms with Crippen molar-refractivity contribution in [2.24, 2.45) is 0 Å². The molecule has 0 aliphatic carbocycles. The van der Waals surface area contributed by atoms with Crippen LogP contribution >= 0.6 is 0 Å². The molecule has 0 spiro atoms. The molecule has 1 rings (SSSR count). The van der Waals surface area contributed by atoms with Gasteiger partial charge in [-0.1, -0.05) is 25.8 Å². The van der Waals surface area contributed by atoms with Crippen LogP contribution in [0.3, 0.4) is 0 Å². The first kappa shape index (κ1) is 19.1. The summed E-state index contributed by atoms with van der Waals surface area (Å²) in [6.45, 7) is 3.89. The van der Waals surface area contributed by atoms with Crippen molar-refractivity contribution >= 4 is 11.9 Å². The van der Waals surface area contributed by atoms with Gasteiger partial charge in [0.1, 0.15) is 0 Å². The van der Waals surface area contributed by atoms with Gasteiger partial charge in [0.2, 0.25) is 5.91 Å². The number of rotatable bonds is 12. The Bertz CT molecular complexity index is 465. The highest BCUT2D eigenvalue weighted by molar-refractivity contribution is 5.75. The fraction of sp³-hybridized carbons (Fsp3) is 0.588. The highest BCUT2D eigenvalue weighted by atomic mass is 16.4. The Morgan fingerprint density at radius 3 is 2.65 bits per heavy atom. The summed E-state index contributed by atoms with van der Waals surface area (Å²) < 4.78 is 0. The molecule has 0 unspecified atom stereocenters. The van der Waals surface area contributed by atoms with Crippen LogP contribution < -0.4 is 5.32 Å². The van der Waals surface area contributed by atoms with E-state index in [1.807, 2.05) is 30.0 Å². The Balaban J connectivity index is 2.21. The smallest absolute Gasteiger partial charge is 0.317 e. The molecule has 2 N–H and O–H groups in total. The lowest BCUT2D eigenvalue weighted by atomic mass is 10.2. The van der Waals surface area contributed by atoms with E-state index in [1.54, 1.807) is 6.20 Å². The van der Waals surface area contributed by atoms with Crippen molar-refractivity contribution in [2.45, 2.75) is 45.6 Å². The zero-order valence-corrected chi connectivity index (χ0v) is 13.8. The van der Waals surface area contributed by atoms with Crippen molar-refractivity contribution in [1.29, 1.82) is 0 Å². The van der Waals surface area contributed by atoms with Crippen LogP contribution in [-0.4, -0.2) is 46.5 Å². The standard InChI is InChI=1S/C17H27N3O3/c1-2-16(21)19-11-6-3-4-8-12-20(14-17(22)23)13-15-9-5-7-10-18-15/h5,7,9-10H,2-4,6,8,11-14H2,1H3,(H,19,21)(H,22,23). The minimum absolute atomic E-state index is 0.0309. The Morgan fingerprint density at radius 1 is 1.22 bits per heavy atom. The SMILES string of the molecule is CCC(=O)NCCCCCCN(CC(=O)O)Cc1ccccn1. The van der Waals surface area contributed by atoms with Gasteiger partial charge in [0.25, 0.3) is 0 Å². The molecule has 1 aromatic heterocycles. The molecule has 0 fully saturated rings. The molecule has 6 nitrogen and oxygen atoms in total. The van der Waals surface area contributed by atoms with E-state index in [4.69, 9.17) is 5.11 Å². The summed E-state index contributed by atoms with van der Waals surface area (Å²) in [7, 11) is 0. The number of nitrogens with one attached hydrogen (secondary N) is 1. The van der Waals surface area contributed by atoms with Crippen molar-refractivity contribution in [2.75, 3.05) is 19.6 Å². The van der Waals surface area contributed by atoms with Crippen LogP contribution in [0.25, 0.3) is 0 Å². The molecule has 0 aliphatic rings. The molecule has 0 aliphatic heterocycles. The van der Waals surface area contributed by atoms with Gasteiger partial charge in [-0.25, -0.2) is 0 Å². The average Bonchev–Trinajstić information content (AvgIpc) is 2.54. The van der Waals surface area contributed by atoms with E-state index < -0.39 is 5.97 Å². The third kappa shape index (κ3) is 9.63. The lowest BCUT2D eigenvalue weighted by molar-refractivity contribution is -0.138. The van der Waals surface area contributed by atoms with Gasteiger partial charge >= 0.3 is 5.97 Å². The lowest BCUT2D eigenvalue weighted by Crippen LogP contribution is -2.30. The van der Waals surface area contributed by atoms with Gasteiger partial charge < -0.3 is 10.4 Å². The van der Waals surface area contributed by atoms with Crippen LogP contribution in [0.15, 0.2) is 24.4 Å². The van der Waals surface area contributed by atoms with Crippen molar-refractivity contribution < 1.29 is 14.7 Å². The number of hydrogen-bond donors (Lipinski definition) is 2. The van der Waals surface area contributed by atoms with Crippen LogP contribution in [0, 0.1) is 0 Å². The quantitative estimate of drug-likeness (QED) is 0.576. The third-order valence-corrected chi connectivity index (χ3v) is 3.52. The summed E-state index contributed by atoms with van der Waals surface area (Å²) in [4.78, 5) is 28.2. The molecule has 6 heteroatoms. The first-order valence-electron chi connectivity index (χ1n) is 8.22. The molecular formula is C17H27N3O3. The van der Waals surface area contributed by atoms with Crippen molar-refractivity contribution in [3.05, 3.63) is 30.1 Å². The largest absolute Gasteiger partial charge is 0.480 e. The highest BCUT2D eigenvalue weighted by Crippen LogP contribution is 2.05. The van der Waals surface area contributed by atoms with Crippen molar-refractivity contribution in [3.63, 3.8) is 0 Å². The molecule has 1 heterocycles. The monoisotopic (exact) mass is 321 g/mol. The topological polar surface area (TPSA) is 82.5 Å². The summed E-state index contributed by atoms with van der Waals surface area (Å²) in [6, 6.07) is 5.67. The Morgan fingerprint density at radius 2 is 2.00 bits per heavy atom. The molecule has 0 atom stereocenters. The van der Waals surface area contributed by atoms with E-state index in [-0.39, 0.29) is 12.5 Å². The third-order valence-electron chi connectivity index (χ3n) is 3.52. The van der Waals surface area contributed by atoms with Gasteiger partial charge in [-0.2, -0.15) is 0 Å². The number of aliphatic carboxylic acids is 1. The molecule has 128 valence electrons. The van der Waals surface area contributed by atoms with Crippen LogP contribution in [0.5, 0.6) is 0 Å². The number of unbranched alkanes of at least 4 members (excludes halogenated alkanes) is 3. The zero-order chi connectivity index (χ0) is 16.9. The number of carbonyl (C=O) groups is 2.